The number of hydrogen-bond acceptors (Lipinski definition) is 8. The third-order valence-corrected chi connectivity index (χ3v) is 5.78. The molecule has 5 rings (SSSR count). The molecule has 1 aliphatic rings. The molecular formula is C24H23F2N7O2. The van der Waals surface area contributed by atoms with Gasteiger partial charge in [0.2, 0.25) is 0 Å². The van der Waals surface area contributed by atoms with Crippen LogP contribution in [0.1, 0.15) is 23.5 Å². The Bertz CT molecular complexity index is 1360. The highest BCUT2D eigenvalue weighted by atomic mass is 19.2. The summed E-state index contributed by atoms with van der Waals surface area (Å²) in [6, 6.07) is 7.43. The van der Waals surface area contributed by atoms with Crippen molar-refractivity contribution in [2.45, 2.75) is 25.8 Å². The maximum absolute atomic E-state index is 14.4. The lowest BCUT2D eigenvalue weighted by Crippen LogP contribution is -2.23. The molecule has 180 valence electrons. The first kappa shape index (κ1) is 22.8. The Balaban J connectivity index is 1.48. The molecule has 0 aliphatic heterocycles. The largest absolute Gasteiger partial charge is 0.491 e. The predicted molar refractivity (Wildman–Crippen MR) is 123 cm³/mol. The van der Waals surface area contributed by atoms with E-state index in [4.69, 9.17) is 19.8 Å². The smallest absolute Gasteiger partial charge is 0.182 e. The van der Waals surface area contributed by atoms with Crippen molar-refractivity contribution in [2.24, 2.45) is 0 Å². The van der Waals surface area contributed by atoms with Gasteiger partial charge >= 0.3 is 0 Å². The van der Waals surface area contributed by atoms with Gasteiger partial charge in [-0.25, -0.2) is 18.7 Å². The Morgan fingerprint density at radius 2 is 2.06 bits per heavy atom. The van der Waals surface area contributed by atoms with Gasteiger partial charge < -0.3 is 14.7 Å². The fraction of sp³-hybridized carbons (Fsp3) is 0.292. The number of aliphatic hydroxyl groups excluding tert-OH is 1. The lowest BCUT2D eigenvalue weighted by Gasteiger charge is -2.21. The van der Waals surface area contributed by atoms with Crippen molar-refractivity contribution < 1.29 is 18.6 Å². The molecule has 0 spiro atoms. The van der Waals surface area contributed by atoms with Crippen LogP contribution in [0, 0.1) is 11.6 Å². The number of aliphatic hydroxyl groups is 1. The maximum atomic E-state index is 14.4. The van der Waals surface area contributed by atoms with E-state index in [1.165, 1.54) is 23.0 Å². The lowest BCUT2D eigenvalue weighted by molar-refractivity contribution is 0.201. The Morgan fingerprint density at radius 3 is 2.91 bits per heavy atom. The van der Waals surface area contributed by atoms with Crippen LogP contribution in [0.3, 0.4) is 0 Å². The molecule has 11 heteroatoms. The summed E-state index contributed by atoms with van der Waals surface area (Å²) in [5, 5.41) is 17.1. The first-order valence-electron chi connectivity index (χ1n) is 11.2. The third kappa shape index (κ3) is 4.54. The zero-order chi connectivity index (χ0) is 24.4. The molecule has 3 heterocycles. The Morgan fingerprint density at radius 1 is 1.17 bits per heavy atom. The molecule has 0 saturated carbocycles. The molecule has 0 fully saturated rings. The van der Waals surface area contributed by atoms with Gasteiger partial charge in [0.15, 0.2) is 23.3 Å². The van der Waals surface area contributed by atoms with Crippen LogP contribution in [0.4, 0.5) is 14.6 Å². The molecule has 1 aliphatic carbocycles. The van der Waals surface area contributed by atoms with Crippen molar-refractivity contribution in [1.82, 2.24) is 29.7 Å². The second-order valence-electron chi connectivity index (χ2n) is 8.14. The Labute approximate surface area is 200 Å². The van der Waals surface area contributed by atoms with Gasteiger partial charge in [0.05, 0.1) is 18.8 Å². The fourth-order valence-electron chi connectivity index (χ4n) is 4.16. The average Bonchev–Trinajstić information content (AvgIpc) is 3.53. The van der Waals surface area contributed by atoms with Gasteiger partial charge in [-0.15, -0.1) is 10.2 Å². The van der Waals surface area contributed by atoms with Crippen LogP contribution in [-0.4, -0.2) is 55.1 Å². The first-order chi connectivity index (χ1) is 17.0. The topological polar surface area (TPSA) is 102 Å². The number of fused-ring (bicyclic) bond motifs is 1. The summed E-state index contributed by atoms with van der Waals surface area (Å²) in [5.41, 5.74) is 2.59. The van der Waals surface area contributed by atoms with Crippen molar-refractivity contribution in [3.05, 3.63) is 71.6 Å². The molecular weight excluding hydrogens is 456 g/mol. The Kier molecular flexibility index (Phi) is 6.32. The molecule has 1 aromatic carbocycles. The second kappa shape index (κ2) is 9.71. The van der Waals surface area contributed by atoms with Crippen molar-refractivity contribution in [1.29, 1.82) is 0 Å². The van der Waals surface area contributed by atoms with Gasteiger partial charge in [-0.2, -0.15) is 0 Å². The number of hydrogen-bond donors (Lipinski definition) is 1. The highest BCUT2D eigenvalue weighted by molar-refractivity contribution is 5.59. The van der Waals surface area contributed by atoms with Gasteiger partial charge in [-0.05, 0) is 37.5 Å². The van der Waals surface area contributed by atoms with E-state index >= 15 is 0 Å². The second-order valence-corrected chi connectivity index (χ2v) is 8.14. The van der Waals surface area contributed by atoms with Crippen LogP contribution in [0.5, 0.6) is 5.75 Å². The van der Waals surface area contributed by atoms with E-state index in [-0.39, 0.29) is 25.4 Å². The van der Waals surface area contributed by atoms with E-state index in [0.717, 1.165) is 42.4 Å². The van der Waals surface area contributed by atoms with Gasteiger partial charge in [0.25, 0.3) is 0 Å². The van der Waals surface area contributed by atoms with Gasteiger partial charge in [-0.3, -0.25) is 9.55 Å². The molecule has 0 atom stereocenters. The summed E-state index contributed by atoms with van der Waals surface area (Å²) < 4.78 is 35.1. The minimum atomic E-state index is -0.962. The molecule has 0 unspecified atom stereocenters. The molecule has 0 saturated heterocycles. The zero-order valence-corrected chi connectivity index (χ0v) is 19.0. The van der Waals surface area contributed by atoms with Crippen LogP contribution in [-0.2, 0) is 19.4 Å². The molecule has 0 amide bonds. The zero-order valence-electron chi connectivity index (χ0n) is 19.0. The van der Waals surface area contributed by atoms with Crippen LogP contribution in [0.15, 0.2) is 42.9 Å². The van der Waals surface area contributed by atoms with Crippen molar-refractivity contribution in [3.63, 3.8) is 0 Å². The number of rotatable bonds is 8. The number of pyridine rings is 1. The first-order valence-corrected chi connectivity index (χ1v) is 11.2. The van der Waals surface area contributed by atoms with Gasteiger partial charge in [0.1, 0.15) is 30.2 Å². The predicted octanol–water partition coefficient (Wildman–Crippen LogP) is 2.89. The number of aromatic nitrogens is 6. The summed E-state index contributed by atoms with van der Waals surface area (Å²) in [7, 11) is 1.86. The lowest BCUT2D eigenvalue weighted by atomic mass is 10.2. The highest BCUT2D eigenvalue weighted by Crippen LogP contribution is 2.32. The standard InChI is InChI=1S/C24H23F2N7O2/c1-32(13-21-31-28-14-33(21)20-7-3-5-17(25)22(20)26)24-16-4-2-6-18(16)29-23(30-24)19-12-15(8-9-27-19)35-11-10-34/h3,5,7-9,12,14,34H,2,4,6,10-11,13H2,1H3. The van der Waals surface area contributed by atoms with Crippen molar-refractivity contribution in [2.75, 3.05) is 25.2 Å². The molecule has 1 N–H and O–H groups in total. The van der Waals surface area contributed by atoms with Crippen molar-refractivity contribution >= 4 is 5.82 Å². The van der Waals surface area contributed by atoms with Gasteiger partial charge in [0, 0.05) is 30.6 Å². The normalized spacial score (nSPS) is 12.6. The minimum Gasteiger partial charge on any atom is -0.491 e. The quantitative estimate of drug-likeness (QED) is 0.412. The highest BCUT2D eigenvalue weighted by Gasteiger charge is 2.24. The average molecular weight is 479 g/mol. The van der Waals surface area contributed by atoms with E-state index in [9.17, 15) is 8.78 Å². The molecule has 0 bridgehead atoms. The Hall–Kier alpha value is -3.99. The number of aryl methyl sites for hydroxylation is 1. The maximum Gasteiger partial charge on any atom is 0.182 e. The van der Waals surface area contributed by atoms with E-state index in [1.807, 2.05) is 11.9 Å². The van der Waals surface area contributed by atoms with Crippen LogP contribution >= 0.6 is 0 Å². The van der Waals surface area contributed by atoms with Gasteiger partial charge in [-0.1, -0.05) is 6.07 Å². The monoisotopic (exact) mass is 479 g/mol. The summed E-state index contributed by atoms with van der Waals surface area (Å²) in [6.45, 7) is 0.340. The number of ether oxygens (including phenoxy) is 1. The number of benzene rings is 1. The van der Waals surface area contributed by atoms with Crippen LogP contribution in [0.25, 0.3) is 17.2 Å². The minimum absolute atomic E-state index is 0.0379. The number of halogens is 2. The fourth-order valence-corrected chi connectivity index (χ4v) is 4.16. The SMILES string of the molecule is CN(Cc1nncn1-c1cccc(F)c1F)c1nc(-c2cc(OCCO)ccn2)nc2c1CCC2. The molecule has 35 heavy (non-hydrogen) atoms. The third-order valence-electron chi connectivity index (χ3n) is 5.78. The van der Waals surface area contributed by atoms with Crippen molar-refractivity contribution in [3.8, 4) is 23.0 Å². The van der Waals surface area contributed by atoms with E-state index in [2.05, 4.69) is 15.2 Å². The summed E-state index contributed by atoms with van der Waals surface area (Å²) in [6.07, 6.45) is 5.60. The molecule has 3 aromatic heterocycles. The summed E-state index contributed by atoms with van der Waals surface area (Å²) in [5.74, 6) is 0.275. The summed E-state index contributed by atoms with van der Waals surface area (Å²) in [4.78, 5) is 15.9. The van der Waals surface area contributed by atoms with E-state index < -0.39 is 11.6 Å². The molecule has 9 nitrogen and oxygen atoms in total. The number of anilines is 1. The molecule has 0 radical (unpaired) electrons. The van der Waals surface area contributed by atoms with Crippen LogP contribution in [0.2, 0.25) is 0 Å². The molecule has 4 aromatic rings. The van der Waals surface area contributed by atoms with E-state index in [1.54, 1.807) is 18.3 Å². The van der Waals surface area contributed by atoms with Crippen LogP contribution < -0.4 is 9.64 Å². The summed E-state index contributed by atoms with van der Waals surface area (Å²) >= 11 is 0. The van der Waals surface area contributed by atoms with E-state index in [0.29, 0.717) is 23.1 Å². The number of nitrogens with zero attached hydrogens (tertiary/aromatic N) is 7.